The third-order valence-electron chi connectivity index (χ3n) is 3.87. The highest BCUT2D eigenvalue weighted by molar-refractivity contribution is 5.73. The minimum Gasteiger partial charge on any atom is -0.453 e. The molecule has 0 radical (unpaired) electrons. The molecule has 1 fully saturated rings. The Kier molecular flexibility index (Phi) is 3.97. The van der Waals surface area contributed by atoms with E-state index in [1.165, 1.54) is 37.9 Å². The van der Waals surface area contributed by atoms with Crippen LogP contribution in [0.15, 0.2) is 40.8 Å². The molecular formula is C17H19NO2. The zero-order valence-corrected chi connectivity index (χ0v) is 11.5. The average Bonchev–Trinajstić information content (AvgIpc) is 2.98. The number of hydrogen-bond donors (Lipinski definition) is 0. The molecule has 1 aromatic heterocycles. The van der Waals surface area contributed by atoms with Crippen LogP contribution in [0.3, 0.4) is 0 Å². The van der Waals surface area contributed by atoms with Crippen LogP contribution in [0.4, 0.5) is 0 Å². The second kappa shape index (κ2) is 6.06. The van der Waals surface area contributed by atoms with Crippen LogP contribution in [-0.2, 0) is 6.54 Å². The van der Waals surface area contributed by atoms with Crippen LogP contribution in [0.5, 0.6) is 0 Å². The molecule has 3 heteroatoms. The maximum atomic E-state index is 10.8. The summed E-state index contributed by atoms with van der Waals surface area (Å²) in [5.74, 6) is 1.16. The largest absolute Gasteiger partial charge is 0.453 e. The molecule has 0 N–H and O–H groups in total. The van der Waals surface area contributed by atoms with Gasteiger partial charge in [-0.15, -0.1) is 0 Å². The highest BCUT2D eigenvalue weighted by Crippen LogP contribution is 2.27. The number of nitrogens with zero attached hydrogens (tertiary/aromatic N) is 1. The fourth-order valence-corrected chi connectivity index (χ4v) is 2.82. The van der Waals surface area contributed by atoms with Crippen molar-refractivity contribution in [1.29, 1.82) is 0 Å². The van der Waals surface area contributed by atoms with Crippen LogP contribution in [-0.4, -0.2) is 24.3 Å². The minimum atomic E-state index is 0.382. The second-order valence-corrected chi connectivity index (χ2v) is 5.31. The Labute approximate surface area is 119 Å². The molecule has 2 heterocycles. The number of carbonyl (C=O) groups excluding carboxylic acids is 1. The van der Waals surface area contributed by atoms with E-state index in [9.17, 15) is 4.79 Å². The smallest absolute Gasteiger partial charge is 0.185 e. The second-order valence-electron chi connectivity index (χ2n) is 5.31. The maximum Gasteiger partial charge on any atom is 0.185 e. The van der Waals surface area contributed by atoms with Gasteiger partial charge in [0.25, 0.3) is 0 Å². The molecule has 3 nitrogen and oxygen atoms in total. The number of carbonyl (C=O) groups is 1. The van der Waals surface area contributed by atoms with E-state index in [0.29, 0.717) is 5.76 Å². The summed E-state index contributed by atoms with van der Waals surface area (Å²) in [6.07, 6.45) is 4.67. The Morgan fingerprint density at radius 2 is 1.85 bits per heavy atom. The fourth-order valence-electron chi connectivity index (χ4n) is 2.82. The van der Waals surface area contributed by atoms with E-state index in [-0.39, 0.29) is 0 Å². The number of benzene rings is 1. The lowest BCUT2D eigenvalue weighted by atomic mass is 10.0. The highest BCUT2D eigenvalue weighted by Gasteiger charge is 2.14. The van der Waals surface area contributed by atoms with Gasteiger partial charge in [-0.2, -0.15) is 0 Å². The van der Waals surface area contributed by atoms with E-state index in [1.54, 1.807) is 6.07 Å². The zero-order chi connectivity index (χ0) is 13.8. The van der Waals surface area contributed by atoms with Crippen molar-refractivity contribution in [3.63, 3.8) is 0 Å². The van der Waals surface area contributed by atoms with Gasteiger partial charge in [0.1, 0.15) is 5.76 Å². The third-order valence-corrected chi connectivity index (χ3v) is 3.87. The molecule has 2 aromatic rings. The predicted octanol–water partition coefficient (Wildman–Crippen LogP) is 3.75. The normalized spacial score (nSPS) is 16.2. The molecule has 20 heavy (non-hydrogen) atoms. The molecule has 0 unspecified atom stereocenters. The molecule has 3 rings (SSSR count). The maximum absolute atomic E-state index is 10.8. The van der Waals surface area contributed by atoms with Crippen LogP contribution < -0.4 is 0 Å². The van der Waals surface area contributed by atoms with E-state index < -0.39 is 0 Å². The predicted molar refractivity (Wildman–Crippen MR) is 78.7 cm³/mol. The third kappa shape index (κ3) is 2.83. The molecule has 0 aliphatic carbocycles. The first kappa shape index (κ1) is 13.1. The van der Waals surface area contributed by atoms with E-state index >= 15 is 0 Å². The van der Waals surface area contributed by atoms with Crippen molar-refractivity contribution < 1.29 is 9.21 Å². The summed E-state index contributed by atoms with van der Waals surface area (Å²) in [7, 11) is 0. The lowest BCUT2D eigenvalue weighted by Gasteiger charge is -2.27. The van der Waals surface area contributed by atoms with E-state index in [4.69, 9.17) is 4.42 Å². The summed E-state index contributed by atoms with van der Waals surface area (Å²) in [6.45, 7) is 3.30. The van der Waals surface area contributed by atoms with Gasteiger partial charge in [0, 0.05) is 12.1 Å². The van der Waals surface area contributed by atoms with Crippen LogP contribution in [0, 0.1) is 0 Å². The fraction of sp³-hybridized carbons (Fsp3) is 0.353. The number of likely N-dealkylation sites (tertiary alicyclic amines) is 1. The van der Waals surface area contributed by atoms with Gasteiger partial charge in [0.05, 0.1) is 0 Å². The van der Waals surface area contributed by atoms with Gasteiger partial charge in [-0.25, -0.2) is 0 Å². The van der Waals surface area contributed by atoms with E-state index in [2.05, 4.69) is 23.1 Å². The van der Waals surface area contributed by atoms with Crippen molar-refractivity contribution in [1.82, 2.24) is 4.90 Å². The number of hydrogen-bond acceptors (Lipinski definition) is 3. The number of aldehydes is 1. The molecular weight excluding hydrogens is 250 g/mol. The van der Waals surface area contributed by atoms with Gasteiger partial charge in [0.15, 0.2) is 12.0 Å². The molecule has 1 aliphatic heterocycles. The Hall–Kier alpha value is -1.87. The summed E-state index contributed by atoms with van der Waals surface area (Å²) < 4.78 is 5.56. The minimum absolute atomic E-state index is 0.382. The van der Waals surface area contributed by atoms with Crippen molar-refractivity contribution in [2.24, 2.45) is 0 Å². The molecule has 0 bridgehead atoms. The first-order chi connectivity index (χ1) is 9.86. The summed E-state index contributed by atoms with van der Waals surface area (Å²) >= 11 is 0. The topological polar surface area (TPSA) is 33.5 Å². The molecule has 104 valence electrons. The van der Waals surface area contributed by atoms with Crippen molar-refractivity contribution in [3.8, 4) is 11.3 Å². The number of piperidine rings is 1. The number of furan rings is 1. The standard InChI is InChI=1S/C17H19NO2/c19-13-15-8-9-17(20-15)16-7-3-2-6-14(16)12-18-10-4-1-5-11-18/h2-3,6-9,13H,1,4-5,10-12H2. The summed E-state index contributed by atoms with van der Waals surface area (Å²) in [5, 5.41) is 0. The molecule has 1 aromatic carbocycles. The summed E-state index contributed by atoms with van der Waals surface area (Å²) in [5.41, 5.74) is 2.35. The van der Waals surface area contributed by atoms with E-state index in [0.717, 1.165) is 24.2 Å². The van der Waals surface area contributed by atoms with E-state index in [1.807, 2.05) is 12.1 Å². The van der Waals surface area contributed by atoms with Gasteiger partial charge in [-0.1, -0.05) is 30.7 Å². The van der Waals surface area contributed by atoms with Crippen LogP contribution in [0.2, 0.25) is 0 Å². The first-order valence-electron chi connectivity index (χ1n) is 7.22. The zero-order valence-electron chi connectivity index (χ0n) is 11.5. The van der Waals surface area contributed by atoms with Gasteiger partial charge in [-0.3, -0.25) is 9.69 Å². The Morgan fingerprint density at radius 3 is 2.60 bits per heavy atom. The summed E-state index contributed by atoms with van der Waals surface area (Å²) in [6, 6.07) is 11.9. The van der Waals surface area contributed by atoms with Gasteiger partial charge < -0.3 is 4.42 Å². The van der Waals surface area contributed by atoms with Crippen LogP contribution in [0.1, 0.15) is 35.4 Å². The molecule has 0 saturated carbocycles. The van der Waals surface area contributed by atoms with Crippen LogP contribution >= 0.6 is 0 Å². The molecule has 1 aliphatic rings. The molecule has 0 amide bonds. The van der Waals surface area contributed by atoms with Gasteiger partial charge in [-0.05, 0) is 43.6 Å². The molecule has 1 saturated heterocycles. The van der Waals surface area contributed by atoms with Gasteiger partial charge in [0.2, 0.25) is 0 Å². The van der Waals surface area contributed by atoms with Gasteiger partial charge >= 0.3 is 0 Å². The SMILES string of the molecule is O=Cc1ccc(-c2ccccc2CN2CCCCC2)o1. The van der Waals surface area contributed by atoms with Crippen LogP contribution in [0.25, 0.3) is 11.3 Å². The molecule has 0 spiro atoms. The quantitative estimate of drug-likeness (QED) is 0.793. The monoisotopic (exact) mass is 269 g/mol. The first-order valence-corrected chi connectivity index (χ1v) is 7.22. The van der Waals surface area contributed by atoms with Crippen molar-refractivity contribution in [2.45, 2.75) is 25.8 Å². The summed E-state index contributed by atoms with van der Waals surface area (Å²) in [4.78, 5) is 13.2. The number of rotatable bonds is 4. The molecule has 0 atom stereocenters. The Morgan fingerprint density at radius 1 is 1.05 bits per heavy atom. The van der Waals surface area contributed by atoms with Crippen molar-refractivity contribution in [3.05, 3.63) is 47.7 Å². The highest BCUT2D eigenvalue weighted by atomic mass is 16.3. The Balaban J connectivity index is 1.85. The van der Waals surface area contributed by atoms with Crippen molar-refractivity contribution in [2.75, 3.05) is 13.1 Å². The lowest BCUT2D eigenvalue weighted by Crippen LogP contribution is -2.29. The average molecular weight is 269 g/mol. The van der Waals surface area contributed by atoms with Crippen molar-refractivity contribution >= 4 is 6.29 Å². The lowest BCUT2D eigenvalue weighted by molar-refractivity contribution is 0.110. The Bertz CT molecular complexity index is 582.